The number of rotatable bonds is 8. The first-order chi connectivity index (χ1) is 17.4. The molecule has 0 aliphatic heterocycles. The zero-order valence-electron chi connectivity index (χ0n) is 20.2. The predicted molar refractivity (Wildman–Crippen MR) is 136 cm³/mol. The molecule has 0 aliphatic carbocycles. The Bertz CT molecular complexity index is 1260. The number of carbonyl (C=O) groups is 3. The predicted octanol–water partition coefficient (Wildman–Crippen LogP) is 3.36. The van der Waals surface area contributed by atoms with Crippen LogP contribution in [0.3, 0.4) is 0 Å². The van der Waals surface area contributed by atoms with E-state index in [2.05, 4.69) is 21.2 Å². The van der Waals surface area contributed by atoms with Gasteiger partial charge in [0.25, 0.3) is 5.91 Å². The molecule has 0 unspecified atom stereocenters. The molecular formula is C26H26N4O6. The molecule has 0 bridgehead atoms. The topological polar surface area (TPSA) is 127 Å². The maximum Gasteiger partial charge on any atom is 0.329 e. The van der Waals surface area contributed by atoms with Crippen molar-refractivity contribution in [3.8, 4) is 17.2 Å². The summed E-state index contributed by atoms with van der Waals surface area (Å²) in [4.78, 5) is 37.4. The summed E-state index contributed by atoms with van der Waals surface area (Å²) in [6, 6.07) is 16.9. The lowest BCUT2D eigenvalue weighted by molar-refractivity contribution is -0.136. The zero-order valence-corrected chi connectivity index (χ0v) is 20.2. The van der Waals surface area contributed by atoms with Crippen molar-refractivity contribution in [2.75, 3.05) is 32.0 Å². The highest BCUT2D eigenvalue weighted by molar-refractivity contribution is 6.40. The van der Waals surface area contributed by atoms with Gasteiger partial charge < -0.3 is 24.8 Å². The van der Waals surface area contributed by atoms with E-state index in [9.17, 15) is 14.4 Å². The van der Waals surface area contributed by atoms with Crippen molar-refractivity contribution in [2.24, 2.45) is 5.10 Å². The summed E-state index contributed by atoms with van der Waals surface area (Å²) < 4.78 is 15.8. The van der Waals surface area contributed by atoms with Gasteiger partial charge in [0.05, 0.1) is 38.8 Å². The third kappa shape index (κ3) is 6.38. The number of nitrogens with zero attached hydrogens (tertiary/aromatic N) is 1. The Balaban J connectivity index is 1.66. The minimum Gasteiger partial charge on any atom is -0.493 e. The van der Waals surface area contributed by atoms with E-state index in [0.29, 0.717) is 28.5 Å². The van der Waals surface area contributed by atoms with Crippen molar-refractivity contribution in [2.45, 2.75) is 6.92 Å². The number of hydrogen-bond donors (Lipinski definition) is 3. The van der Waals surface area contributed by atoms with Gasteiger partial charge in [-0.25, -0.2) is 5.43 Å². The Hall–Kier alpha value is -4.86. The minimum absolute atomic E-state index is 0.177. The van der Waals surface area contributed by atoms with Gasteiger partial charge in [-0.3, -0.25) is 14.4 Å². The first-order valence-electron chi connectivity index (χ1n) is 10.8. The van der Waals surface area contributed by atoms with Crippen LogP contribution in [0, 0.1) is 6.92 Å². The Morgan fingerprint density at radius 2 is 1.44 bits per heavy atom. The van der Waals surface area contributed by atoms with Crippen LogP contribution in [0.15, 0.2) is 65.8 Å². The van der Waals surface area contributed by atoms with E-state index < -0.39 is 17.7 Å². The Morgan fingerprint density at radius 1 is 0.806 bits per heavy atom. The van der Waals surface area contributed by atoms with Gasteiger partial charge in [-0.2, -0.15) is 5.10 Å². The van der Waals surface area contributed by atoms with E-state index in [1.165, 1.54) is 33.6 Å². The Kier molecular flexibility index (Phi) is 8.60. The molecule has 3 aromatic rings. The summed E-state index contributed by atoms with van der Waals surface area (Å²) in [5, 5.41) is 9.02. The van der Waals surface area contributed by atoms with Gasteiger partial charge in [-0.15, -0.1) is 0 Å². The Morgan fingerprint density at radius 3 is 2.06 bits per heavy atom. The molecule has 0 aromatic heterocycles. The molecule has 0 fully saturated rings. The first kappa shape index (κ1) is 25.8. The molecule has 3 aromatic carbocycles. The molecule has 0 aliphatic rings. The molecule has 0 saturated carbocycles. The molecule has 186 valence electrons. The van der Waals surface area contributed by atoms with E-state index in [4.69, 9.17) is 14.2 Å². The number of ether oxygens (including phenoxy) is 3. The fourth-order valence-electron chi connectivity index (χ4n) is 3.20. The quantitative estimate of drug-likeness (QED) is 0.252. The van der Waals surface area contributed by atoms with Crippen molar-refractivity contribution in [1.29, 1.82) is 0 Å². The van der Waals surface area contributed by atoms with Gasteiger partial charge in [0, 0.05) is 11.3 Å². The molecule has 0 spiro atoms. The number of anilines is 2. The van der Waals surface area contributed by atoms with E-state index >= 15 is 0 Å². The molecular weight excluding hydrogens is 464 g/mol. The molecule has 0 saturated heterocycles. The number of methoxy groups -OCH3 is 3. The molecule has 36 heavy (non-hydrogen) atoms. The monoisotopic (exact) mass is 490 g/mol. The van der Waals surface area contributed by atoms with Crippen molar-refractivity contribution in [3.05, 3.63) is 77.4 Å². The highest BCUT2D eigenvalue weighted by Gasteiger charge is 2.18. The van der Waals surface area contributed by atoms with E-state index in [0.717, 1.165) is 5.56 Å². The number of para-hydroxylation sites is 1. The third-order valence-corrected chi connectivity index (χ3v) is 5.00. The van der Waals surface area contributed by atoms with Crippen LogP contribution in [0.4, 0.5) is 11.4 Å². The second kappa shape index (κ2) is 12.0. The lowest BCUT2D eigenvalue weighted by Gasteiger charge is -2.12. The SMILES string of the molecule is COc1cc(/C=N/NC(=O)C(=O)Nc2ccccc2C(=O)Nc2ccc(C)cc2)cc(OC)c1OC. The van der Waals surface area contributed by atoms with E-state index in [1.54, 1.807) is 42.5 Å². The second-order valence-electron chi connectivity index (χ2n) is 7.48. The van der Waals surface area contributed by atoms with Crippen LogP contribution in [0.5, 0.6) is 17.2 Å². The van der Waals surface area contributed by atoms with Gasteiger partial charge in [0.1, 0.15) is 0 Å². The minimum atomic E-state index is -1.02. The van der Waals surface area contributed by atoms with Gasteiger partial charge in [-0.1, -0.05) is 29.8 Å². The second-order valence-corrected chi connectivity index (χ2v) is 7.48. The maximum absolute atomic E-state index is 12.7. The Labute approximate surface area is 208 Å². The van der Waals surface area contributed by atoms with Gasteiger partial charge in [0.15, 0.2) is 11.5 Å². The number of hydrogen-bond acceptors (Lipinski definition) is 7. The zero-order chi connectivity index (χ0) is 26.1. The van der Waals surface area contributed by atoms with Crippen molar-refractivity contribution in [1.82, 2.24) is 5.43 Å². The van der Waals surface area contributed by atoms with Crippen molar-refractivity contribution < 1.29 is 28.6 Å². The van der Waals surface area contributed by atoms with E-state index in [-0.39, 0.29) is 11.3 Å². The van der Waals surface area contributed by atoms with Crippen LogP contribution in [0.1, 0.15) is 21.5 Å². The molecule has 3 N–H and O–H groups in total. The fourth-order valence-corrected chi connectivity index (χ4v) is 3.20. The standard InChI is InChI=1S/C26H26N4O6/c1-16-9-11-18(12-10-16)28-24(31)19-7-5-6-8-20(19)29-25(32)26(33)30-27-15-17-13-21(34-2)23(36-4)22(14-17)35-3/h5-15H,1-4H3,(H,28,31)(H,29,32)(H,30,33)/b27-15+. The lowest BCUT2D eigenvalue weighted by atomic mass is 10.1. The first-order valence-corrected chi connectivity index (χ1v) is 10.8. The molecule has 10 nitrogen and oxygen atoms in total. The van der Waals surface area contributed by atoms with Crippen LogP contribution < -0.4 is 30.3 Å². The number of aryl methyl sites for hydroxylation is 1. The number of nitrogens with one attached hydrogen (secondary N) is 3. The summed E-state index contributed by atoms with van der Waals surface area (Å²) in [5.74, 6) is -1.23. The van der Waals surface area contributed by atoms with E-state index in [1.807, 2.05) is 19.1 Å². The normalized spacial score (nSPS) is 10.4. The fraction of sp³-hybridized carbons (Fsp3) is 0.154. The van der Waals surface area contributed by atoms with Crippen LogP contribution in [-0.4, -0.2) is 45.3 Å². The van der Waals surface area contributed by atoms with Gasteiger partial charge >= 0.3 is 11.8 Å². The van der Waals surface area contributed by atoms with Crippen LogP contribution in [-0.2, 0) is 9.59 Å². The highest BCUT2D eigenvalue weighted by Crippen LogP contribution is 2.37. The van der Waals surface area contributed by atoms with Gasteiger partial charge in [-0.05, 0) is 43.3 Å². The molecule has 3 rings (SSSR count). The maximum atomic E-state index is 12.7. The number of hydrazone groups is 1. The smallest absolute Gasteiger partial charge is 0.329 e. The highest BCUT2D eigenvalue weighted by atomic mass is 16.5. The molecule has 0 radical (unpaired) electrons. The van der Waals surface area contributed by atoms with Gasteiger partial charge in [0.2, 0.25) is 5.75 Å². The molecule has 0 atom stereocenters. The van der Waals surface area contributed by atoms with Crippen molar-refractivity contribution >= 4 is 35.3 Å². The number of carbonyl (C=O) groups excluding carboxylic acids is 3. The lowest BCUT2D eigenvalue weighted by Crippen LogP contribution is -2.33. The van der Waals surface area contributed by atoms with Crippen LogP contribution in [0.25, 0.3) is 0 Å². The largest absolute Gasteiger partial charge is 0.493 e. The summed E-state index contributed by atoms with van der Waals surface area (Å²) in [7, 11) is 4.43. The van der Waals surface area contributed by atoms with Crippen LogP contribution in [0.2, 0.25) is 0 Å². The summed E-state index contributed by atoms with van der Waals surface area (Å²) in [6.07, 6.45) is 1.32. The summed E-state index contributed by atoms with van der Waals surface area (Å²) >= 11 is 0. The summed E-state index contributed by atoms with van der Waals surface area (Å²) in [6.45, 7) is 1.94. The average molecular weight is 491 g/mol. The average Bonchev–Trinajstić information content (AvgIpc) is 2.89. The van der Waals surface area contributed by atoms with Crippen molar-refractivity contribution in [3.63, 3.8) is 0 Å². The molecule has 10 heteroatoms. The van der Waals surface area contributed by atoms with Crippen LogP contribution >= 0.6 is 0 Å². The molecule has 3 amide bonds. The molecule has 0 heterocycles. The summed E-state index contributed by atoms with van der Waals surface area (Å²) in [5.41, 5.74) is 4.71. The third-order valence-electron chi connectivity index (χ3n) is 5.00. The number of benzene rings is 3. The number of amides is 3.